The Morgan fingerprint density at radius 1 is 1.07 bits per heavy atom. The topological polar surface area (TPSA) is 72.9 Å². The zero-order chi connectivity index (χ0) is 19.3. The SMILES string of the molecule is Cc1noc([C@H]2CC[C@H](c3nnc4n3-c3ccc(Cl)cc3CN(C)C4)CC2)n1. The summed E-state index contributed by atoms with van der Waals surface area (Å²) in [6.45, 7) is 3.49. The molecule has 1 aliphatic carbocycles. The summed E-state index contributed by atoms with van der Waals surface area (Å²) in [6, 6.07) is 6.11. The molecule has 1 aliphatic heterocycles. The molecule has 0 radical (unpaired) electrons. The lowest BCUT2D eigenvalue weighted by Gasteiger charge is -2.26. The molecular weight excluding hydrogens is 376 g/mol. The lowest BCUT2D eigenvalue weighted by molar-refractivity contribution is 0.295. The number of hydrogen-bond acceptors (Lipinski definition) is 6. The van der Waals surface area contributed by atoms with Crippen LogP contribution in [0, 0.1) is 6.92 Å². The van der Waals surface area contributed by atoms with E-state index in [0.717, 1.165) is 67.0 Å². The number of aromatic nitrogens is 5. The lowest BCUT2D eigenvalue weighted by Crippen LogP contribution is -2.17. The second kappa shape index (κ2) is 6.97. The smallest absolute Gasteiger partial charge is 0.229 e. The van der Waals surface area contributed by atoms with Crippen molar-refractivity contribution in [1.82, 2.24) is 29.8 Å². The molecule has 0 unspecified atom stereocenters. The van der Waals surface area contributed by atoms with Gasteiger partial charge in [0.15, 0.2) is 11.6 Å². The first kappa shape index (κ1) is 17.8. The van der Waals surface area contributed by atoms with Crippen molar-refractivity contribution in [1.29, 1.82) is 0 Å². The minimum absolute atomic E-state index is 0.348. The Kier molecular flexibility index (Phi) is 4.44. The number of aryl methyl sites for hydroxylation is 1. The fourth-order valence-corrected chi connectivity index (χ4v) is 4.72. The summed E-state index contributed by atoms with van der Waals surface area (Å²) in [4.78, 5) is 6.67. The summed E-state index contributed by atoms with van der Waals surface area (Å²) in [6.07, 6.45) is 4.15. The van der Waals surface area contributed by atoms with E-state index in [4.69, 9.17) is 16.1 Å². The van der Waals surface area contributed by atoms with Crippen molar-refractivity contribution >= 4 is 11.6 Å². The van der Waals surface area contributed by atoms with Gasteiger partial charge in [-0.1, -0.05) is 16.8 Å². The van der Waals surface area contributed by atoms with Crippen molar-refractivity contribution in [3.05, 3.63) is 52.1 Å². The van der Waals surface area contributed by atoms with E-state index in [1.54, 1.807) is 0 Å². The van der Waals surface area contributed by atoms with E-state index in [0.29, 0.717) is 17.7 Å². The Morgan fingerprint density at radius 2 is 1.86 bits per heavy atom. The van der Waals surface area contributed by atoms with Gasteiger partial charge >= 0.3 is 0 Å². The average molecular weight is 399 g/mol. The molecule has 3 aromatic rings. The van der Waals surface area contributed by atoms with Gasteiger partial charge in [0.25, 0.3) is 0 Å². The van der Waals surface area contributed by atoms with Gasteiger partial charge in [-0.2, -0.15) is 4.98 Å². The zero-order valence-corrected chi connectivity index (χ0v) is 16.9. The van der Waals surface area contributed by atoms with Gasteiger partial charge in [-0.15, -0.1) is 10.2 Å². The Balaban J connectivity index is 1.45. The van der Waals surface area contributed by atoms with E-state index >= 15 is 0 Å². The molecule has 2 aromatic heterocycles. The van der Waals surface area contributed by atoms with Gasteiger partial charge in [0.2, 0.25) is 5.89 Å². The molecule has 0 saturated heterocycles. The highest BCUT2D eigenvalue weighted by Crippen LogP contribution is 2.41. The summed E-state index contributed by atoms with van der Waals surface area (Å²) in [5.74, 6) is 4.27. The lowest BCUT2D eigenvalue weighted by atomic mass is 9.81. The number of halogens is 1. The average Bonchev–Trinajstić information content (AvgIpc) is 3.25. The molecule has 0 N–H and O–H groups in total. The summed E-state index contributed by atoms with van der Waals surface area (Å²) in [5, 5.41) is 13.9. The van der Waals surface area contributed by atoms with Crippen molar-refractivity contribution in [2.24, 2.45) is 0 Å². The number of hydrogen-bond donors (Lipinski definition) is 0. The number of benzene rings is 1. The maximum Gasteiger partial charge on any atom is 0.229 e. The fraction of sp³-hybridized carbons (Fsp3) is 0.500. The van der Waals surface area contributed by atoms with Crippen LogP contribution in [0.15, 0.2) is 22.7 Å². The third-order valence-electron chi connectivity index (χ3n) is 5.87. The van der Waals surface area contributed by atoms with Crippen molar-refractivity contribution in [2.75, 3.05) is 7.05 Å². The minimum atomic E-state index is 0.348. The van der Waals surface area contributed by atoms with Crippen LogP contribution in [0.1, 0.15) is 66.4 Å². The number of nitrogens with zero attached hydrogens (tertiary/aromatic N) is 6. The van der Waals surface area contributed by atoms with Crippen molar-refractivity contribution < 1.29 is 4.52 Å². The molecule has 28 heavy (non-hydrogen) atoms. The molecule has 2 aliphatic rings. The largest absolute Gasteiger partial charge is 0.339 e. The molecule has 146 valence electrons. The van der Waals surface area contributed by atoms with E-state index in [1.165, 1.54) is 5.56 Å². The molecule has 0 amide bonds. The second-order valence-electron chi connectivity index (χ2n) is 7.98. The predicted octanol–water partition coefficient (Wildman–Crippen LogP) is 4.00. The van der Waals surface area contributed by atoms with Gasteiger partial charge in [0.05, 0.1) is 12.2 Å². The molecule has 1 aromatic carbocycles. The normalized spacial score (nSPS) is 22.5. The summed E-state index contributed by atoms with van der Waals surface area (Å²) in [5.41, 5.74) is 2.36. The molecule has 5 rings (SSSR count). The van der Waals surface area contributed by atoms with E-state index in [9.17, 15) is 0 Å². The Labute approximate surface area is 168 Å². The molecule has 0 atom stereocenters. The van der Waals surface area contributed by atoms with Crippen LogP contribution in [0.5, 0.6) is 0 Å². The quantitative estimate of drug-likeness (QED) is 0.649. The monoisotopic (exact) mass is 398 g/mol. The Morgan fingerprint density at radius 3 is 2.61 bits per heavy atom. The standard InChI is InChI=1S/C20H23ClN6O/c1-12-22-20(28-25-12)14-5-3-13(4-6-14)19-24-23-18-11-26(2)10-15-9-16(21)7-8-17(15)27(18)19/h7-9,13-14H,3-6,10-11H2,1-2H3/t13-,14-. The second-order valence-corrected chi connectivity index (χ2v) is 8.42. The van der Waals surface area contributed by atoms with Gasteiger partial charge in [-0.05, 0) is 63.4 Å². The Hall–Kier alpha value is -2.25. The van der Waals surface area contributed by atoms with Gasteiger partial charge in [-0.25, -0.2) is 0 Å². The van der Waals surface area contributed by atoms with Crippen LogP contribution >= 0.6 is 11.6 Å². The van der Waals surface area contributed by atoms with E-state index in [2.05, 4.69) is 49.0 Å². The van der Waals surface area contributed by atoms with Crippen molar-refractivity contribution in [3.63, 3.8) is 0 Å². The molecule has 1 saturated carbocycles. The van der Waals surface area contributed by atoms with Gasteiger partial charge < -0.3 is 4.52 Å². The highest BCUT2D eigenvalue weighted by Gasteiger charge is 2.32. The van der Waals surface area contributed by atoms with Gasteiger partial charge in [-0.3, -0.25) is 9.47 Å². The van der Waals surface area contributed by atoms with Crippen LogP contribution in [0.2, 0.25) is 5.02 Å². The van der Waals surface area contributed by atoms with Gasteiger partial charge in [0, 0.05) is 23.4 Å². The molecule has 1 fully saturated rings. The molecule has 8 heteroatoms. The van der Waals surface area contributed by atoms with Crippen LogP contribution in [0.25, 0.3) is 5.69 Å². The minimum Gasteiger partial charge on any atom is -0.339 e. The van der Waals surface area contributed by atoms with Crippen LogP contribution < -0.4 is 0 Å². The molecule has 0 spiro atoms. The van der Waals surface area contributed by atoms with Crippen LogP contribution in [-0.2, 0) is 13.1 Å². The summed E-state index contributed by atoms with van der Waals surface area (Å²) in [7, 11) is 2.10. The predicted molar refractivity (Wildman–Crippen MR) is 105 cm³/mol. The maximum absolute atomic E-state index is 6.26. The summed E-state index contributed by atoms with van der Waals surface area (Å²) >= 11 is 6.26. The fourth-order valence-electron chi connectivity index (χ4n) is 4.52. The Bertz CT molecular complexity index is 1000. The van der Waals surface area contributed by atoms with Gasteiger partial charge in [0.1, 0.15) is 5.82 Å². The van der Waals surface area contributed by atoms with Crippen LogP contribution in [0.4, 0.5) is 0 Å². The number of fused-ring (bicyclic) bond motifs is 3. The first-order valence-electron chi connectivity index (χ1n) is 9.80. The molecule has 3 heterocycles. The zero-order valence-electron chi connectivity index (χ0n) is 16.1. The first-order valence-corrected chi connectivity index (χ1v) is 10.2. The third-order valence-corrected chi connectivity index (χ3v) is 6.11. The van der Waals surface area contributed by atoms with Crippen molar-refractivity contribution in [3.8, 4) is 5.69 Å². The summed E-state index contributed by atoms with van der Waals surface area (Å²) < 4.78 is 7.65. The highest BCUT2D eigenvalue weighted by molar-refractivity contribution is 6.30. The molecule has 7 nitrogen and oxygen atoms in total. The van der Waals surface area contributed by atoms with Crippen molar-refractivity contribution in [2.45, 2.75) is 57.5 Å². The molecule has 0 bridgehead atoms. The highest BCUT2D eigenvalue weighted by atomic mass is 35.5. The molecular formula is C20H23ClN6O. The van der Waals surface area contributed by atoms with Crippen LogP contribution in [0.3, 0.4) is 0 Å². The first-order chi connectivity index (χ1) is 13.6. The van der Waals surface area contributed by atoms with E-state index in [-0.39, 0.29) is 0 Å². The van der Waals surface area contributed by atoms with Crippen LogP contribution in [-0.4, -0.2) is 36.9 Å². The number of rotatable bonds is 2. The van der Waals surface area contributed by atoms with E-state index in [1.807, 2.05) is 13.0 Å². The maximum atomic E-state index is 6.26. The third kappa shape index (κ3) is 3.12. The van der Waals surface area contributed by atoms with E-state index < -0.39 is 0 Å².